The summed E-state index contributed by atoms with van der Waals surface area (Å²) in [6.45, 7) is 2.48. The van der Waals surface area contributed by atoms with Crippen LogP contribution in [0, 0.1) is 12.8 Å². The molecule has 1 aromatic rings. The molecule has 0 aromatic carbocycles. The normalized spacial score (nSPS) is 14.2. The molecule has 1 fully saturated rings. The number of aromatic amines is 1. The Morgan fingerprint density at radius 3 is 2.84 bits per heavy atom. The van der Waals surface area contributed by atoms with Crippen LogP contribution >= 0.6 is 0 Å². The predicted molar refractivity (Wildman–Crippen MR) is 67.5 cm³/mol. The molecule has 1 heterocycles. The lowest BCUT2D eigenvalue weighted by atomic mass is 10.2. The maximum absolute atomic E-state index is 12.0. The molecule has 104 valence electrons. The van der Waals surface area contributed by atoms with E-state index in [2.05, 4.69) is 15.5 Å². The SMILES string of the molecule is Cc1[nH]ncc1CNC(=O)N(CC(=O)O)CC1CC1. The molecule has 0 aliphatic heterocycles. The van der Waals surface area contributed by atoms with Gasteiger partial charge in [-0.1, -0.05) is 0 Å². The lowest BCUT2D eigenvalue weighted by Gasteiger charge is -2.20. The molecular weight excluding hydrogens is 248 g/mol. The van der Waals surface area contributed by atoms with Crippen molar-refractivity contribution >= 4 is 12.0 Å². The highest BCUT2D eigenvalue weighted by molar-refractivity contribution is 5.80. The van der Waals surface area contributed by atoms with E-state index < -0.39 is 5.97 Å². The third-order valence-corrected chi connectivity index (χ3v) is 3.15. The van der Waals surface area contributed by atoms with Gasteiger partial charge >= 0.3 is 12.0 Å². The molecule has 0 radical (unpaired) electrons. The van der Waals surface area contributed by atoms with Crippen LogP contribution in [0.4, 0.5) is 4.79 Å². The summed E-state index contributed by atoms with van der Waals surface area (Å²) in [7, 11) is 0. The smallest absolute Gasteiger partial charge is 0.323 e. The zero-order chi connectivity index (χ0) is 13.8. The third kappa shape index (κ3) is 3.97. The van der Waals surface area contributed by atoms with E-state index >= 15 is 0 Å². The molecule has 19 heavy (non-hydrogen) atoms. The van der Waals surface area contributed by atoms with Crippen molar-refractivity contribution < 1.29 is 14.7 Å². The van der Waals surface area contributed by atoms with Crippen LogP contribution in [0.2, 0.25) is 0 Å². The Kier molecular flexibility index (Phi) is 4.03. The van der Waals surface area contributed by atoms with Gasteiger partial charge in [0.15, 0.2) is 0 Å². The number of carbonyl (C=O) groups excluding carboxylic acids is 1. The summed E-state index contributed by atoms with van der Waals surface area (Å²) in [6.07, 6.45) is 3.80. The fraction of sp³-hybridized carbons (Fsp3) is 0.583. The van der Waals surface area contributed by atoms with E-state index in [1.807, 2.05) is 6.92 Å². The predicted octanol–water partition coefficient (Wildman–Crippen LogP) is 0.724. The number of rotatable bonds is 6. The molecule has 1 aliphatic carbocycles. The van der Waals surface area contributed by atoms with Gasteiger partial charge in [-0.3, -0.25) is 9.89 Å². The maximum Gasteiger partial charge on any atom is 0.323 e. The number of nitrogens with zero attached hydrogens (tertiary/aromatic N) is 2. The Hall–Kier alpha value is -2.05. The van der Waals surface area contributed by atoms with E-state index in [0.717, 1.165) is 24.1 Å². The molecule has 7 nitrogen and oxygen atoms in total. The van der Waals surface area contributed by atoms with Crippen molar-refractivity contribution in [2.24, 2.45) is 5.92 Å². The van der Waals surface area contributed by atoms with Crippen LogP contribution in [0.25, 0.3) is 0 Å². The van der Waals surface area contributed by atoms with E-state index in [-0.39, 0.29) is 12.6 Å². The van der Waals surface area contributed by atoms with Crippen molar-refractivity contribution in [1.82, 2.24) is 20.4 Å². The summed E-state index contributed by atoms with van der Waals surface area (Å²) >= 11 is 0. The summed E-state index contributed by atoms with van der Waals surface area (Å²) in [5, 5.41) is 18.2. The molecule has 1 saturated carbocycles. The molecule has 0 saturated heterocycles. The number of H-pyrrole nitrogens is 1. The first-order valence-electron chi connectivity index (χ1n) is 6.29. The fourth-order valence-electron chi connectivity index (χ4n) is 1.83. The standard InChI is InChI=1S/C12H18N4O3/c1-8-10(5-14-15-8)4-13-12(19)16(7-11(17)18)6-9-2-3-9/h5,9H,2-4,6-7H2,1H3,(H,13,19)(H,14,15)(H,17,18). The van der Waals surface area contributed by atoms with Gasteiger partial charge in [-0.2, -0.15) is 5.10 Å². The van der Waals surface area contributed by atoms with Crippen molar-refractivity contribution in [3.63, 3.8) is 0 Å². The van der Waals surface area contributed by atoms with Crippen LogP contribution in [0.3, 0.4) is 0 Å². The lowest BCUT2D eigenvalue weighted by molar-refractivity contribution is -0.137. The number of urea groups is 1. The van der Waals surface area contributed by atoms with Crippen LogP contribution in [-0.4, -0.2) is 45.3 Å². The van der Waals surface area contributed by atoms with Gasteiger partial charge in [0.1, 0.15) is 6.54 Å². The number of carboxylic acid groups (broad SMARTS) is 1. The Morgan fingerprint density at radius 2 is 2.32 bits per heavy atom. The van der Waals surface area contributed by atoms with E-state index in [0.29, 0.717) is 19.0 Å². The quantitative estimate of drug-likeness (QED) is 0.706. The summed E-state index contributed by atoms with van der Waals surface area (Å²) in [6, 6.07) is -0.338. The number of aliphatic carboxylic acids is 1. The van der Waals surface area contributed by atoms with Crippen LogP contribution in [-0.2, 0) is 11.3 Å². The largest absolute Gasteiger partial charge is 0.480 e. The number of amides is 2. The highest BCUT2D eigenvalue weighted by Crippen LogP contribution is 2.29. The van der Waals surface area contributed by atoms with Gasteiger partial charge in [0.2, 0.25) is 0 Å². The van der Waals surface area contributed by atoms with E-state index in [1.54, 1.807) is 6.20 Å². The van der Waals surface area contributed by atoms with Gasteiger partial charge in [-0.25, -0.2) is 4.79 Å². The van der Waals surface area contributed by atoms with Crippen molar-refractivity contribution in [3.05, 3.63) is 17.5 Å². The minimum absolute atomic E-state index is 0.257. The maximum atomic E-state index is 12.0. The van der Waals surface area contributed by atoms with Crippen molar-refractivity contribution in [2.75, 3.05) is 13.1 Å². The van der Waals surface area contributed by atoms with Crippen molar-refractivity contribution in [1.29, 1.82) is 0 Å². The highest BCUT2D eigenvalue weighted by atomic mass is 16.4. The number of hydrogen-bond donors (Lipinski definition) is 3. The average Bonchev–Trinajstić information content (AvgIpc) is 3.07. The van der Waals surface area contributed by atoms with Gasteiger partial charge < -0.3 is 15.3 Å². The Balaban J connectivity index is 1.87. The molecule has 7 heteroatoms. The second kappa shape index (κ2) is 5.73. The first-order valence-corrected chi connectivity index (χ1v) is 6.29. The average molecular weight is 266 g/mol. The number of hydrogen-bond acceptors (Lipinski definition) is 3. The highest BCUT2D eigenvalue weighted by Gasteiger charge is 2.27. The molecule has 2 rings (SSSR count). The molecule has 0 bridgehead atoms. The number of carbonyl (C=O) groups is 2. The second-order valence-electron chi connectivity index (χ2n) is 4.90. The Labute approximate surface area is 111 Å². The fourth-order valence-corrected chi connectivity index (χ4v) is 1.83. The molecule has 1 aromatic heterocycles. The minimum atomic E-state index is -0.990. The topological polar surface area (TPSA) is 98.3 Å². The first kappa shape index (κ1) is 13.4. The number of aryl methyl sites for hydroxylation is 1. The number of carboxylic acids is 1. The molecule has 1 aliphatic rings. The van der Waals surface area contributed by atoms with Crippen LogP contribution < -0.4 is 5.32 Å². The monoisotopic (exact) mass is 266 g/mol. The van der Waals surface area contributed by atoms with Crippen LogP contribution in [0.1, 0.15) is 24.1 Å². The van der Waals surface area contributed by atoms with E-state index in [1.165, 1.54) is 4.90 Å². The van der Waals surface area contributed by atoms with Crippen molar-refractivity contribution in [3.8, 4) is 0 Å². The van der Waals surface area contributed by atoms with Crippen molar-refractivity contribution in [2.45, 2.75) is 26.3 Å². The molecule has 0 unspecified atom stereocenters. The second-order valence-corrected chi connectivity index (χ2v) is 4.90. The molecule has 3 N–H and O–H groups in total. The molecule has 0 atom stereocenters. The Bertz CT molecular complexity index is 467. The van der Waals surface area contributed by atoms with Gasteiger partial charge in [0.25, 0.3) is 0 Å². The third-order valence-electron chi connectivity index (χ3n) is 3.15. The summed E-state index contributed by atoms with van der Waals surface area (Å²) in [5.74, 6) is -0.531. The Morgan fingerprint density at radius 1 is 1.58 bits per heavy atom. The first-order chi connectivity index (χ1) is 9.06. The van der Waals surface area contributed by atoms with Gasteiger partial charge in [0.05, 0.1) is 6.20 Å². The van der Waals surface area contributed by atoms with Crippen LogP contribution in [0.15, 0.2) is 6.20 Å². The summed E-state index contributed by atoms with van der Waals surface area (Å²) in [5.41, 5.74) is 1.79. The molecule has 2 amide bonds. The zero-order valence-corrected chi connectivity index (χ0v) is 10.8. The van der Waals surface area contributed by atoms with E-state index in [4.69, 9.17) is 5.11 Å². The summed E-state index contributed by atoms with van der Waals surface area (Å²) in [4.78, 5) is 24.1. The number of aromatic nitrogens is 2. The lowest BCUT2D eigenvalue weighted by Crippen LogP contribution is -2.43. The molecular formula is C12H18N4O3. The van der Waals surface area contributed by atoms with E-state index in [9.17, 15) is 9.59 Å². The van der Waals surface area contributed by atoms with Gasteiger partial charge in [-0.15, -0.1) is 0 Å². The summed E-state index contributed by atoms with van der Waals surface area (Å²) < 4.78 is 0. The minimum Gasteiger partial charge on any atom is -0.480 e. The number of nitrogens with one attached hydrogen (secondary N) is 2. The van der Waals surface area contributed by atoms with Crippen LogP contribution in [0.5, 0.6) is 0 Å². The van der Waals surface area contributed by atoms with Gasteiger partial charge in [-0.05, 0) is 25.7 Å². The van der Waals surface area contributed by atoms with Gasteiger partial charge in [0, 0.05) is 24.3 Å². The molecule has 0 spiro atoms. The zero-order valence-electron chi connectivity index (χ0n) is 10.8.